The zero-order valence-electron chi connectivity index (χ0n) is 25.8. The average molecular weight is 653 g/mol. The van der Waals surface area contributed by atoms with Gasteiger partial charge in [0.1, 0.15) is 17.8 Å². The molecule has 13 heteroatoms. The van der Waals surface area contributed by atoms with Crippen LogP contribution in [0.1, 0.15) is 44.2 Å². The Hall–Kier alpha value is -4.65. The summed E-state index contributed by atoms with van der Waals surface area (Å²) in [7, 11) is 1.65. The molecule has 46 heavy (non-hydrogen) atoms. The van der Waals surface area contributed by atoms with Crippen molar-refractivity contribution in [2.75, 3.05) is 18.6 Å². The number of carbonyl (C=O) groups is 1. The standard InChI is InChI=1S/C33H35F3N6O3S/c1-21(2)28-16-15-27(44-4)18-29(28)42-22(3)19-46-32(42)39-31(43)37-17-5-6-23-7-9-24(10-8-23)30-38-20-41(40-30)25-11-13-26(14-12-25)45-33(34,35)36/h7-16,18-21,32H,5-6,17H2,1-4H3,(H2,37,39,43). The molecule has 5 rings (SSSR count). The number of ether oxygens (including phenoxy) is 2. The van der Waals surface area contributed by atoms with E-state index in [2.05, 4.69) is 50.3 Å². The van der Waals surface area contributed by atoms with Crippen molar-refractivity contribution in [3.05, 3.63) is 95.3 Å². The van der Waals surface area contributed by atoms with Crippen LogP contribution in [-0.4, -0.2) is 46.3 Å². The monoisotopic (exact) mass is 652 g/mol. The molecule has 2 amide bonds. The second-order valence-electron chi connectivity index (χ2n) is 11.0. The molecule has 1 aromatic heterocycles. The van der Waals surface area contributed by atoms with E-state index >= 15 is 0 Å². The number of carbonyl (C=O) groups excluding carboxylic acids is 1. The number of aryl methyl sites for hydroxylation is 1. The maximum absolute atomic E-state index is 12.8. The van der Waals surface area contributed by atoms with Crippen LogP contribution in [-0.2, 0) is 6.42 Å². The fourth-order valence-electron chi connectivity index (χ4n) is 5.03. The van der Waals surface area contributed by atoms with Gasteiger partial charge in [-0.15, -0.1) is 18.3 Å². The van der Waals surface area contributed by atoms with E-state index in [-0.39, 0.29) is 17.3 Å². The van der Waals surface area contributed by atoms with E-state index in [4.69, 9.17) is 4.74 Å². The molecule has 0 radical (unpaired) electrons. The molecule has 1 atom stereocenters. The van der Waals surface area contributed by atoms with Crippen molar-refractivity contribution < 1.29 is 27.4 Å². The highest BCUT2D eigenvalue weighted by Gasteiger charge is 2.31. The number of thioether (sulfide) groups is 1. The molecule has 242 valence electrons. The van der Waals surface area contributed by atoms with Crippen LogP contribution in [0.3, 0.4) is 0 Å². The third-order valence-electron chi connectivity index (χ3n) is 7.32. The predicted molar refractivity (Wildman–Crippen MR) is 173 cm³/mol. The number of allylic oxidation sites excluding steroid dienone is 1. The van der Waals surface area contributed by atoms with Crippen molar-refractivity contribution in [2.24, 2.45) is 0 Å². The van der Waals surface area contributed by atoms with Gasteiger partial charge in [-0.05, 0) is 72.6 Å². The number of aromatic nitrogens is 3. The Bertz CT molecular complexity index is 1670. The van der Waals surface area contributed by atoms with E-state index in [1.54, 1.807) is 18.9 Å². The Kier molecular flexibility index (Phi) is 10.1. The summed E-state index contributed by atoms with van der Waals surface area (Å²) in [5, 5.41) is 12.6. The third-order valence-corrected chi connectivity index (χ3v) is 8.39. The Morgan fingerprint density at radius 2 is 1.76 bits per heavy atom. The summed E-state index contributed by atoms with van der Waals surface area (Å²) in [5.41, 5.74) is 5.40. The number of nitrogens with zero attached hydrogens (tertiary/aromatic N) is 4. The number of alkyl halides is 3. The second-order valence-corrected chi connectivity index (χ2v) is 11.9. The molecule has 2 heterocycles. The topological polar surface area (TPSA) is 93.5 Å². The number of urea groups is 1. The first-order valence-corrected chi connectivity index (χ1v) is 15.7. The first-order valence-electron chi connectivity index (χ1n) is 14.7. The summed E-state index contributed by atoms with van der Waals surface area (Å²) >= 11 is 1.55. The van der Waals surface area contributed by atoms with Crippen molar-refractivity contribution in [2.45, 2.75) is 51.4 Å². The zero-order valence-corrected chi connectivity index (χ0v) is 26.7. The Morgan fingerprint density at radius 3 is 2.43 bits per heavy atom. The van der Waals surface area contributed by atoms with Gasteiger partial charge in [0.25, 0.3) is 0 Å². The van der Waals surface area contributed by atoms with E-state index in [0.717, 1.165) is 41.1 Å². The third kappa shape index (κ3) is 8.13. The van der Waals surface area contributed by atoms with Crippen molar-refractivity contribution in [1.82, 2.24) is 25.4 Å². The Balaban J connectivity index is 1.10. The predicted octanol–water partition coefficient (Wildman–Crippen LogP) is 7.60. The van der Waals surface area contributed by atoms with Crippen LogP contribution in [0.15, 0.2) is 84.2 Å². The highest BCUT2D eigenvalue weighted by atomic mass is 32.2. The number of hydrogen-bond donors (Lipinski definition) is 2. The van der Waals surface area contributed by atoms with E-state index in [1.165, 1.54) is 40.8 Å². The second kappa shape index (κ2) is 14.2. The number of methoxy groups -OCH3 is 1. The smallest absolute Gasteiger partial charge is 0.497 e. The normalized spacial score (nSPS) is 14.7. The molecule has 0 spiro atoms. The van der Waals surface area contributed by atoms with Crippen molar-refractivity contribution in [1.29, 1.82) is 0 Å². The van der Waals surface area contributed by atoms with Gasteiger partial charge in [-0.2, -0.15) is 0 Å². The summed E-state index contributed by atoms with van der Waals surface area (Å²) < 4.78 is 48.1. The lowest BCUT2D eigenvalue weighted by atomic mass is 10.00. The quantitative estimate of drug-likeness (QED) is 0.161. The average Bonchev–Trinajstić information content (AvgIpc) is 3.66. The van der Waals surface area contributed by atoms with E-state index in [1.807, 2.05) is 48.7 Å². The zero-order chi connectivity index (χ0) is 32.8. The SMILES string of the molecule is COc1ccc(C(C)C)c(N2C(C)=CSC2NC(=O)NCCCc2ccc(-c3ncn(-c4ccc(OC(F)(F)F)cc4)n3)cc2)c1. The molecular formula is C33H35F3N6O3S. The maximum Gasteiger partial charge on any atom is 0.573 e. The highest BCUT2D eigenvalue weighted by Crippen LogP contribution is 2.40. The summed E-state index contributed by atoms with van der Waals surface area (Å²) in [5.74, 6) is 1.24. The lowest BCUT2D eigenvalue weighted by Crippen LogP contribution is -2.47. The van der Waals surface area contributed by atoms with Gasteiger partial charge in [0.15, 0.2) is 11.3 Å². The fraction of sp³-hybridized carbons (Fsp3) is 0.303. The van der Waals surface area contributed by atoms with Gasteiger partial charge in [0, 0.05) is 23.9 Å². The molecule has 0 saturated carbocycles. The summed E-state index contributed by atoms with van der Waals surface area (Å²) in [6, 6.07) is 19.0. The fourth-order valence-corrected chi connectivity index (χ4v) is 6.04. The molecule has 4 aromatic rings. The number of nitrogens with one attached hydrogen (secondary N) is 2. The van der Waals surface area contributed by atoms with Gasteiger partial charge < -0.3 is 25.0 Å². The molecule has 1 aliphatic rings. The van der Waals surface area contributed by atoms with Crippen LogP contribution in [0.5, 0.6) is 11.5 Å². The Morgan fingerprint density at radius 1 is 1.04 bits per heavy atom. The first-order chi connectivity index (χ1) is 22.0. The minimum absolute atomic E-state index is 0.237. The first kappa shape index (κ1) is 32.7. The van der Waals surface area contributed by atoms with Crippen molar-refractivity contribution in [3.63, 3.8) is 0 Å². The van der Waals surface area contributed by atoms with Crippen LogP contribution in [0.2, 0.25) is 0 Å². The van der Waals surface area contributed by atoms with Crippen LogP contribution in [0.25, 0.3) is 17.1 Å². The van der Waals surface area contributed by atoms with Gasteiger partial charge in [0.2, 0.25) is 0 Å². The lowest BCUT2D eigenvalue weighted by molar-refractivity contribution is -0.274. The largest absolute Gasteiger partial charge is 0.573 e. The van der Waals surface area contributed by atoms with E-state index in [0.29, 0.717) is 24.0 Å². The Labute approximate surface area is 269 Å². The molecule has 0 saturated heterocycles. The van der Waals surface area contributed by atoms with Gasteiger partial charge in [-0.25, -0.2) is 14.5 Å². The van der Waals surface area contributed by atoms with Gasteiger partial charge in [0.05, 0.1) is 18.5 Å². The molecule has 0 fully saturated rings. The molecule has 0 aliphatic carbocycles. The molecular weight excluding hydrogens is 617 g/mol. The van der Waals surface area contributed by atoms with Crippen LogP contribution < -0.4 is 25.0 Å². The number of amides is 2. The van der Waals surface area contributed by atoms with Crippen LogP contribution in [0.4, 0.5) is 23.7 Å². The van der Waals surface area contributed by atoms with Gasteiger partial charge in [-0.1, -0.05) is 55.9 Å². The number of anilines is 1. The maximum atomic E-state index is 12.8. The minimum atomic E-state index is -4.75. The molecule has 9 nitrogen and oxygen atoms in total. The summed E-state index contributed by atoms with van der Waals surface area (Å²) in [6.07, 6.45) is -1.73. The van der Waals surface area contributed by atoms with Gasteiger partial charge in [-0.3, -0.25) is 0 Å². The molecule has 1 unspecified atom stereocenters. The number of hydrogen-bond acceptors (Lipinski definition) is 7. The van der Waals surface area contributed by atoms with Gasteiger partial charge >= 0.3 is 12.4 Å². The minimum Gasteiger partial charge on any atom is -0.497 e. The lowest BCUT2D eigenvalue weighted by Gasteiger charge is -2.31. The highest BCUT2D eigenvalue weighted by molar-refractivity contribution is 8.03. The summed E-state index contributed by atoms with van der Waals surface area (Å²) in [4.78, 5) is 19.3. The van der Waals surface area contributed by atoms with Crippen molar-refractivity contribution >= 4 is 23.5 Å². The molecule has 0 bridgehead atoms. The summed E-state index contributed by atoms with van der Waals surface area (Å²) in [6.45, 7) is 6.83. The van der Waals surface area contributed by atoms with E-state index < -0.39 is 6.36 Å². The molecule has 3 aromatic carbocycles. The number of rotatable bonds is 11. The van der Waals surface area contributed by atoms with Crippen LogP contribution >= 0.6 is 11.8 Å². The van der Waals surface area contributed by atoms with Crippen LogP contribution in [0, 0.1) is 0 Å². The molecule has 2 N–H and O–H groups in total. The molecule has 1 aliphatic heterocycles. The number of halogens is 3. The van der Waals surface area contributed by atoms with E-state index in [9.17, 15) is 18.0 Å². The van der Waals surface area contributed by atoms with Crippen molar-refractivity contribution in [3.8, 4) is 28.6 Å². The number of benzene rings is 3.